The molecule has 110 valence electrons. The Kier molecular flexibility index (Phi) is 5.07. The second-order valence-electron chi connectivity index (χ2n) is 5.90. The number of hydrogen-bond donors (Lipinski definition) is 1. The molecule has 2 unspecified atom stereocenters. The summed E-state index contributed by atoms with van der Waals surface area (Å²) in [6.45, 7) is 10.5. The monoisotopic (exact) mass is 269 g/mol. The van der Waals surface area contributed by atoms with E-state index < -0.39 is 0 Å². The molecule has 3 saturated heterocycles. The molecule has 0 bridgehead atoms. The highest BCUT2D eigenvalue weighted by Crippen LogP contribution is 2.22. The first-order valence-electron chi connectivity index (χ1n) is 7.78. The lowest BCUT2D eigenvalue weighted by Gasteiger charge is -2.35. The number of nitrogens with zero attached hydrogens (tertiary/aromatic N) is 2. The number of rotatable bonds is 5. The van der Waals surface area contributed by atoms with Crippen molar-refractivity contribution in [3.05, 3.63) is 0 Å². The molecule has 0 amide bonds. The van der Waals surface area contributed by atoms with E-state index in [-0.39, 0.29) is 0 Å². The molecule has 3 fully saturated rings. The van der Waals surface area contributed by atoms with Gasteiger partial charge < -0.3 is 14.8 Å². The van der Waals surface area contributed by atoms with E-state index >= 15 is 0 Å². The molecule has 2 atom stereocenters. The van der Waals surface area contributed by atoms with Crippen LogP contribution < -0.4 is 5.32 Å². The Hall–Kier alpha value is -0.200. The Bertz CT molecular complexity index is 271. The minimum absolute atomic E-state index is 0.388. The van der Waals surface area contributed by atoms with Gasteiger partial charge in [-0.1, -0.05) is 0 Å². The van der Waals surface area contributed by atoms with Crippen LogP contribution in [0.15, 0.2) is 0 Å². The van der Waals surface area contributed by atoms with Crippen LogP contribution in [0.3, 0.4) is 0 Å². The van der Waals surface area contributed by atoms with Gasteiger partial charge in [0.1, 0.15) is 0 Å². The smallest absolute Gasteiger partial charge is 0.0827 e. The standard InChI is InChI=1S/C14H27N3O2/c1-2-13-12-19-14(11-17(13)4-1)10-15-3-5-16-6-8-18-9-7-16/h13-15H,1-12H2. The van der Waals surface area contributed by atoms with Gasteiger partial charge in [0.05, 0.1) is 25.9 Å². The molecular formula is C14H27N3O2. The number of ether oxygens (including phenoxy) is 2. The van der Waals surface area contributed by atoms with Crippen LogP contribution in [0, 0.1) is 0 Å². The maximum absolute atomic E-state index is 5.95. The summed E-state index contributed by atoms with van der Waals surface area (Å²) in [5.74, 6) is 0. The fraction of sp³-hybridized carbons (Fsp3) is 1.00. The number of fused-ring (bicyclic) bond motifs is 1. The van der Waals surface area contributed by atoms with E-state index in [0.717, 1.165) is 59.1 Å². The molecule has 19 heavy (non-hydrogen) atoms. The zero-order chi connectivity index (χ0) is 12.9. The molecule has 3 aliphatic heterocycles. The second-order valence-corrected chi connectivity index (χ2v) is 5.90. The van der Waals surface area contributed by atoms with Crippen molar-refractivity contribution < 1.29 is 9.47 Å². The van der Waals surface area contributed by atoms with Crippen LogP contribution in [0.5, 0.6) is 0 Å². The van der Waals surface area contributed by atoms with Crippen LogP contribution in [0.4, 0.5) is 0 Å². The van der Waals surface area contributed by atoms with Gasteiger partial charge in [-0.3, -0.25) is 9.80 Å². The zero-order valence-corrected chi connectivity index (χ0v) is 11.9. The van der Waals surface area contributed by atoms with Crippen molar-refractivity contribution in [1.82, 2.24) is 15.1 Å². The average Bonchev–Trinajstić information content (AvgIpc) is 2.92. The first kappa shape index (κ1) is 13.8. The third-order valence-corrected chi connectivity index (χ3v) is 4.54. The first-order chi connectivity index (χ1) is 9.42. The van der Waals surface area contributed by atoms with E-state index in [2.05, 4.69) is 15.1 Å². The maximum Gasteiger partial charge on any atom is 0.0827 e. The van der Waals surface area contributed by atoms with Crippen molar-refractivity contribution in [3.8, 4) is 0 Å². The van der Waals surface area contributed by atoms with Crippen LogP contribution in [0.2, 0.25) is 0 Å². The minimum Gasteiger partial charge on any atom is -0.379 e. The van der Waals surface area contributed by atoms with Gasteiger partial charge in [-0.05, 0) is 19.4 Å². The van der Waals surface area contributed by atoms with Gasteiger partial charge in [0, 0.05) is 45.3 Å². The Labute approximate surface area is 116 Å². The summed E-state index contributed by atoms with van der Waals surface area (Å²) >= 11 is 0. The summed E-state index contributed by atoms with van der Waals surface area (Å²) in [6, 6.07) is 0.713. The van der Waals surface area contributed by atoms with Gasteiger partial charge in [0.2, 0.25) is 0 Å². The van der Waals surface area contributed by atoms with Crippen molar-refractivity contribution in [2.75, 3.05) is 65.6 Å². The molecule has 5 nitrogen and oxygen atoms in total. The second kappa shape index (κ2) is 6.99. The maximum atomic E-state index is 5.95. The predicted octanol–water partition coefficient (Wildman–Crippen LogP) is -0.229. The molecule has 3 rings (SSSR count). The predicted molar refractivity (Wildman–Crippen MR) is 74.5 cm³/mol. The van der Waals surface area contributed by atoms with Crippen LogP contribution in [-0.4, -0.2) is 87.6 Å². The third-order valence-electron chi connectivity index (χ3n) is 4.54. The van der Waals surface area contributed by atoms with Crippen molar-refractivity contribution in [2.45, 2.75) is 25.0 Å². The van der Waals surface area contributed by atoms with E-state index in [4.69, 9.17) is 9.47 Å². The first-order valence-corrected chi connectivity index (χ1v) is 7.78. The Morgan fingerprint density at radius 2 is 2.05 bits per heavy atom. The molecule has 5 heteroatoms. The fourth-order valence-electron chi connectivity index (χ4n) is 3.33. The van der Waals surface area contributed by atoms with E-state index in [1.54, 1.807) is 0 Å². The molecule has 0 aromatic carbocycles. The van der Waals surface area contributed by atoms with Gasteiger partial charge in [-0.25, -0.2) is 0 Å². The van der Waals surface area contributed by atoms with Crippen LogP contribution >= 0.6 is 0 Å². The van der Waals surface area contributed by atoms with Gasteiger partial charge in [0.25, 0.3) is 0 Å². The van der Waals surface area contributed by atoms with E-state index in [1.807, 2.05) is 0 Å². The van der Waals surface area contributed by atoms with E-state index in [1.165, 1.54) is 19.4 Å². The fourth-order valence-corrected chi connectivity index (χ4v) is 3.33. The Balaban J connectivity index is 1.27. The molecule has 3 aliphatic rings. The molecule has 0 aromatic rings. The lowest BCUT2D eigenvalue weighted by Crippen LogP contribution is -2.50. The van der Waals surface area contributed by atoms with Crippen molar-refractivity contribution in [1.29, 1.82) is 0 Å². The van der Waals surface area contributed by atoms with Crippen LogP contribution in [0.25, 0.3) is 0 Å². The molecule has 3 heterocycles. The summed E-state index contributed by atoms with van der Waals surface area (Å²) in [4.78, 5) is 5.08. The lowest BCUT2D eigenvalue weighted by molar-refractivity contribution is -0.0471. The average molecular weight is 269 g/mol. The van der Waals surface area contributed by atoms with Gasteiger partial charge in [-0.2, -0.15) is 0 Å². The van der Waals surface area contributed by atoms with Gasteiger partial charge >= 0.3 is 0 Å². The largest absolute Gasteiger partial charge is 0.379 e. The van der Waals surface area contributed by atoms with Crippen molar-refractivity contribution in [3.63, 3.8) is 0 Å². The van der Waals surface area contributed by atoms with Crippen LogP contribution in [-0.2, 0) is 9.47 Å². The number of nitrogens with one attached hydrogen (secondary N) is 1. The summed E-state index contributed by atoms with van der Waals surface area (Å²) < 4.78 is 11.3. The molecule has 0 saturated carbocycles. The van der Waals surface area contributed by atoms with E-state index in [0.29, 0.717) is 12.1 Å². The topological polar surface area (TPSA) is 37.0 Å². The lowest BCUT2D eigenvalue weighted by atomic mass is 10.2. The van der Waals surface area contributed by atoms with E-state index in [9.17, 15) is 0 Å². The van der Waals surface area contributed by atoms with Crippen LogP contribution in [0.1, 0.15) is 12.8 Å². The zero-order valence-electron chi connectivity index (χ0n) is 11.9. The molecule has 0 spiro atoms. The van der Waals surface area contributed by atoms with Gasteiger partial charge in [0.15, 0.2) is 0 Å². The Morgan fingerprint density at radius 3 is 2.95 bits per heavy atom. The van der Waals surface area contributed by atoms with Crippen molar-refractivity contribution in [2.24, 2.45) is 0 Å². The quantitative estimate of drug-likeness (QED) is 0.698. The SMILES string of the molecule is C1CC2COC(CNCCN3CCOCC3)CN2C1. The van der Waals surface area contributed by atoms with Crippen molar-refractivity contribution >= 4 is 0 Å². The third kappa shape index (κ3) is 3.89. The summed E-state index contributed by atoms with van der Waals surface area (Å²) in [5.41, 5.74) is 0. The molecule has 1 N–H and O–H groups in total. The number of hydrogen-bond acceptors (Lipinski definition) is 5. The molecular weight excluding hydrogens is 242 g/mol. The minimum atomic E-state index is 0.388. The highest BCUT2D eigenvalue weighted by molar-refractivity contribution is 4.85. The summed E-state index contributed by atoms with van der Waals surface area (Å²) in [7, 11) is 0. The van der Waals surface area contributed by atoms with Gasteiger partial charge in [-0.15, -0.1) is 0 Å². The Morgan fingerprint density at radius 1 is 1.16 bits per heavy atom. The summed E-state index contributed by atoms with van der Waals surface area (Å²) in [6.07, 6.45) is 3.07. The summed E-state index contributed by atoms with van der Waals surface area (Å²) in [5, 5.41) is 3.55. The highest BCUT2D eigenvalue weighted by atomic mass is 16.5. The molecule has 0 radical (unpaired) electrons. The molecule has 0 aliphatic carbocycles. The highest BCUT2D eigenvalue weighted by Gasteiger charge is 2.31. The number of morpholine rings is 2. The normalized spacial score (nSPS) is 33.5. The molecule has 0 aromatic heterocycles.